The van der Waals surface area contributed by atoms with Crippen LogP contribution in [-0.4, -0.2) is 47.2 Å². The molecule has 2 aromatic carbocycles. The van der Waals surface area contributed by atoms with E-state index in [9.17, 15) is 9.59 Å². The second-order valence-corrected chi connectivity index (χ2v) is 10.6. The van der Waals surface area contributed by atoms with Crippen molar-refractivity contribution in [3.8, 4) is 11.1 Å². The molecule has 35 heavy (non-hydrogen) atoms. The van der Waals surface area contributed by atoms with Gasteiger partial charge in [-0.05, 0) is 70.6 Å². The fourth-order valence-electron chi connectivity index (χ4n) is 4.36. The lowest BCUT2D eigenvalue weighted by molar-refractivity contribution is -0.160. The molecule has 1 aliphatic carbocycles. The van der Waals surface area contributed by atoms with Gasteiger partial charge in [-0.3, -0.25) is 9.88 Å². The number of fused-ring (bicyclic) bond motifs is 3. The SMILES string of the molecule is CN(C(=O)OCC1c2ccccc2-c2ccccc21)C(Cc1cncc(Br)c1)C(=O)OC(C)(C)C. The molecule has 1 unspecified atom stereocenters. The third kappa shape index (κ3) is 5.73. The Hall–Kier alpha value is -3.19. The summed E-state index contributed by atoms with van der Waals surface area (Å²) in [5.41, 5.74) is 4.69. The Morgan fingerprint density at radius 3 is 2.20 bits per heavy atom. The zero-order valence-corrected chi connectivity index (χ0v) is 21.9. The van der Waals surface area contributed by atoms with Crippen molar-refractivity contribution < 1.29 is 19.1 Å². The van der Waals surface area contributed by atoms with E-state index in [-0.39, 0.29) is 18.9 Å². The fraction of sp³-hybridized carbons (Fsp3) is 0.321. The second kappa shape index (κ2) is 10.2. The number of likely N-dealkylation sites (N-methyl/N-ethyl adjacent to an activating group) is 1. The maximum atomic E-state index is 13.2. The fourth-order valence-corrected chi connectivity index (χ4v) is 4.77. The summed E-state index contributed by atoms with van der Waals surface area (Å²) in [4.78, 5) is 31.7. The molecule has 3 aromatic rings. The van der Waals surface area contributed by atoms with Crippen molar-refractivity contribution in [3.05, 3.63) is 88.2 Å². The molecule has 7 heteroatoms. The quantitative estimate of drug-likeness (QED) is 0.362. The van der Waals surface area contributed by atoms with Crippen LogP contribution in [-0.2, 0) is 20.7 Å². The monoisotopic (exact) mass is 536 g/mol. The van der Waals surface area contributed by atoms with Crippen LogP contribution >= 0.6 is 15.9 Å². The van der Waals surface area contributed by atoms with Gasteiger partial charge in [0.25, 0.3) is 0 Å². The Morgan fingerprint density at radius 1 is 1.03 bits per heavy atom. The number of halogens is 1. The van der Waals surface area contributed by atoms with E-state index in [1.54, 1.807) is 40.2 Å². The van der Waals surface area contributed by atoms with E-state index in [0.717, 1.165) is 32.3 Å². The number of nitrogens with zero attached hydrogens (tertiary/aromatic N) is 2. The number of carbonyl (C=O) groups excluding carboxylic acids is 2. The van der Waals surface area contributed by atoms with Gasteiger partial charge >= 0.3 is 12.1 Å². The first-order chi connectivity index (χ1) is 16.6. The highest BCUT2D eigenvalue weighted by Crippen LogP contribution is 2.44. The van der Waals surface area contributed by atoms with Gasteiger partial charge < -0.3 is 9.47 Å². The number of esters is 1. The first-order valence-corrected chi connectivity index (χ1v) is 12.3. The van der Waals surface area contributed by atoms with Crippen LogP contribution in [0.25, 0.3) is 11.1 Å². The molecule has 0 N–H and O–H groups in total. The molecule has 1 atom stereocenters. The van der Waals surface area contributed by atoms with E-state index in [4.69, 9.17) is 9.47 Å². The Balaban J connectivity index is 1.52. The van der Waals surface area contributed by atoms with Crippen LogP contribution in [0.3, 0.4) is 0 Å². The smallest absolute Gasteiger partial charge is 0.410 e. The molecule has 0 saturated heterocycles. The van der Waals surface area contributed by atoms with Crippen LogP contribution in [0, 0.1) is 0 Å². The lowest BCUT2D eigenvalue weighted by atomic mass is 9.98. The number of benzene rings is 2. The number of pyridine rings is 1. The number of aromatic nitrogens is 1. The average Bonchev–Trinajstić information content (AvgIpc) is 3.13. The first kappa shape index (κ1) is 24.9. The Labute approximate surface area is 214 Å². The van der Waals surface area contributed by atoms with Gasteiger partial charge in [-0.15, -0.1) is 0 Å². The van der Waals surface area contributed by atoms with Crippen molar-refractivity contribution in [1.29, 1.82) is 0 Å². The molecule has 0 spiro atoms. The molecule has 4 rings (SSSR count). The highest BCUT2D eigenvalue weighted by atomic mass is 79.9. The number of rotatable bonds is 6. The molecule has 6 nitrogen and oxygen atoms in total. The summed E-state index contributed by atoms with van der Waals surface area (Å²) < 4.78 is 12.2. The maximum absolute atomic E-state index is 13.2. The lowest BCUT2D eigenvalue weighted by Crippen LogP contribution is -2.47. The van der Waals surface area contributed by atoms with Gasteiger partial charge in [-0.1, -0.05) is 48.5 Å². The summed E-state index contributed by atoms with van der Waals surface area (Å²) in [5, 5.41) is 0. The summed E-state index contributed by atoms with van der Waals surface area (Å²) in [6, 6.07) is 17.4. The molecular formula is C28H29BrN2O4. The third-order valence-electron chi connectivity index (χ3n) is 5.96. The van der Waals surface area contributed by atoms with Gasteiger partial charge in [0, 0.05) is 36.3 Å². The normalized spacial score (nSPS) is 13.5. The third-order valence-corrected chi connectivity index (χ3v) is 6.39. The van der Waals surface area contributed by atoms with E-state index in [1.165, 1.54) is 4.90 Å². The van der Waals surface area contributed by atoms with E-state index < -0.39 is 23.7 Å². The predicted octanol–water partition coefficient (Wildman–Crippen LogP) is 5.98. The molecule has 1 heterocycles. The van der Waals surface area contributed by atoms with Gasteiger partial charge in [0.2, 0.25) is 0 Å². The predicted molar refractivity (Wildman–Crippen MR) is 138 cm³/mol. The molecule has 0 saturated carbocycles. The van der Waals surface area contributed by atoms with Crippen molar-refractivity contribution >= 4 is 28.0 Å². The van der Waals surface area contributed by atoms with Crippen LogP contribution in [0.1, 0.15) is 43.4 Å². The number of hydrogen-bond donors (Lipinski definition) is 0. The minimum atomic E-state index is -0.860. The largest absolute Gasteiger partial charge is 0.458 e. The number of hydrogen-bond acceptors (Lipinski definition) is 5. The molecule has 0 fully saturated rings. The molecule has 0 radical (unpaired) electrons. The summed E-state index contributed by atoms with van der Waals surface area (Å²) in [5.74, 6) is -0.553. The van der Waals surface area contributed by atoms with Crippen molar-refractivity contribution in [2.24, 2.45) is 0 Å². The number of ether oxygens (including phenoxy) is 2. The van der Waals surface area contributed by atoms with Gasteiger partial charge in [0.1, 0.15) is 18.2 Å². The van der Waals surface area contributed by atoms with E-state index in [1.807, 2.05) is 30.3 Å². The van der Waals surface area contributed by atoms with Crippen molar-refractivity contribution in [3.63, 3.8) is 0 Å². The summed E-state index contributed by atoms with van der Waals surface area (Å²) in [6.07, 6.45) is 3.02. The lowest BCUT2D eigenvalue weighted by Gasteiger charge is -2.30. The molecule has 0 aliphatic heterocycles. The van der Waals surface area contributed by atoms with Crippen LogP contribution < -0.4 is 0 Å². The summed E-state index contributed by atoms with van der Waals surface area (Å²) in [7, 11) is 1.57. The molecular weight excluding hydrogens is 508 g/mol. The van der Waals surface area contributed by atoms with Gasteiger partial charge in [-0.25, -0.2) is 9.59 Å². The zero-order chi connectivity index (χ0) is 25.2. The van der Waals surface area contributed by atoms with E-state index >= 15 is 0 Å². The van der Waals surface area contributed by atoms with Gasteiger partial charge in [-0.2, -0.15) is 0 Å². The maximum Gasteiger partial charge on any atom is 0.410 e. The molecule has 0 bridgehead atoms. The highest BCUT2D eigenvalue weighted by molar-refractivity contribution is 9.10. The zero-order valence-electron chi connectivity index (χ0n) is 20.3. The van der Waals surface area contributed by atoms with Crippen LogP contribution in [0.4, 0.5) is 4.79 Å². The minimum Gasteiger partial charge on any atom is -0.458 e. The average molecular weight is 537 g/mol. The highest BCUT2D eigenvalue weighted by Gasteiger charge is 2.34. The van der Waals surface area contributed by atoms with Crippen LogP contribution in [0.5, 0.6) is 0 Å². The number of carbonyl (C=O) groups is 2. The van der Waals surface area contributed by atoms with E-state index in [0.29, 0.717) is 0 Å². The Bertz CT molecular complexity index is 1190. The topological polar surface area (TPSA) is 68.7 Å². The van der Waals surface area contributed by atoms with Crippen LogP contribution in [0.2, 0.25) is 0 Å². The number of amides is 1. The van der Waals surface area contributed by atoms with Gasteiger partial charge in [0.05, 0.1) is 0 Å². The Morgan fingerprint density at radius 2 is 1.63 bits per heavy atom. The second-order valence-electron chi connectivity index (χ2n) is 9.68. The van der Waals surface area contributed by atoms with Crippen molar-refractivity contribution in [2.45, 2.75) is 44.8 Å². The van der Waals surface area contributed by atoms with Crippen molar-refractivity contribution in [2.75, 3.05) is 13.7 Å². The van der Waals surface area contributed by atoms with Crippen LogP contribution in [0.15, 0.2) is 71.5 Å². The minimum absolute atomic E-state index is 0.0611. The standard InChI is InChI=1S/C28H29BrN2O4/c1-28(2,3)35-26(32)25(14-18-13-19(29)16-30-15-18)31(4)27(33)34-17-24-22-11-7-5-9-20(22)21-10-6-8-12-23(21)24/h5-13,15-16,24-25H,14,17H2,1-4H3. The Kier molecular flexibility index (Phi) is 7.26. The molecule has 1 aliphatic rings. The molecule has 1 amide bonds. The molecule has 182 valence electrons. The summed E-state index contributed by atoms with van der Waals surface area (Å²) in [6.45, 7) is 5.58. The van der Waals surface area contributed by atoms with Crippen molar-refractivity contribution in [1.82, 2.24) is 9.88 Å². The summed E-state index contributed by atoms with van der Waals surface area (Å²) >= 11 is 3.41. The van der Waals surface area contributed by atoms with E-state index in [2.05, 4.69) is 45.2 Å². The molecule has 1 aromatic heterocycles. The first-order valence-electron chi connectivity index (χ1n) is 11.5. The van der Waals surface area contributed by atoms with Gasteiger partial charge in [0.15, 0.2) is 0 Å².